The van der Waals surface area contributed by atoms with Gasteiger partial charge in [-0.3, -0.25) is 14.2 Å². The Kier molecular flexibility index (Phi) is 5.23. The molecule has 2 heterocycles. The van der Waals surface area contributed by atoms with Crippen LogP contribution in [0.5, 0.6) is 0 Å². The van der Waals surface area contributed by atoms with Crippen LogP contribution in [-0.2, 0) is 17.8 Å². The van der Waals surface area contributed by atoms with E-state index < -0.39 is 0 Å². The maximum Gasteiger partial charge on any atom is 0.262 e. The number of nitrogens with zero attached hydrogens (tertiary/aromatic N) is 2. The lowest BCUT2D eigenvalue weighted by Crippen LogP contribution is -2.33. The quantitative estimate of drug-likeness (QED) is 0.688. The van der Waals surface area contributed by atoms with Gasteiger partial charge in [0.15, 0.2) is 0 Å². The van der Waals surface area contributed by atoms with Crippen LogP contribution in [0.2, 0.25) is 0 Å². The molecule has 1 amide bonds. The number of hydrogen-bond donors (Lipinski definition) is 1. The van der Waals surface area contributed by atoms with Crippen LogP contribution < -0.4 is 10.9 Å². The van der Waals surface area contributed by atoms with Gasteiger partial charge in [-0.15, -0.1) is 11.3 Å². The van der Waals surface area contributed by atoms with Gasteiger partial charge >= 0.3 is 0 Å². The van der Waals surface area contributed by atoms with Gasteiger partial charge in [0.05, 0.1) is 11.7 Å². The van der Waals surface area contributed by atoms with Crippen LogP contribution in [0.1, 0.15) is 16.9 Å². The van der Waals surface area contributed by atoms with Crippen molar-refractivity contribution in [2.24, 2.45) is 0 Å². The van der Waals surface area contributed by atoms with E-state index in [2.05, 4.69) is 10.3 Å². The number of nitrogens with one attached hydrogen (secondary N) is 1. The fourth-order valence-electron chi connectivity index (χ4n) is 2.57. The summed E-state index contributed by atoms with van der Waals surface area (Å²) in [5, 5.41) is 3.35. The molecular formula is C18H18FN3O2S. The molecule has 0 unspecified atom stereocenters. The molecule has 0 aliphatic rings. The molecule has 1 N–H and O–H groups in total. The predicted octanol–water partition coefficient (Wildman–Crippen LogP) is 2.65. The van der Waals surface area contributed by atoms with Crippen LogP contribution in [0.3, 0.4) is 0 Å². The normalized spacial score (nSPS) is 11.0. The van der Waals surface area contributed by atoms with Gasteiger partial charge in [-0.2, -0.15) is 0 Å². The summed E-state index contributed by atoms with van der Waals surface area (Å²) in [6, 6.07) is 8.12. The summed E-state index contributed by atoms with van der Waals surface area (Å²) >= 11 is 1.46. The van der Waals surface area contributed by atoms with Gasteiger partial charge < -0.3 is 5.32 Å². The summed E-state index contributed by atoms with van der Waals surface area (Å²) in [5.74, 6) is -0.483. The third-order valence-electron chi connectivity index (χ3n) is 3.83. The zero-order chi connectivity index (χ0) is 17.8. The standard InChI is InChI=1S/C18H18FN3O2S/c1-12-9-15-17(25-12)21-11-22(18(15)24)10-16(23)20-8-2-3-13-4-6-14(19)7-5-13/h4-7,9,11H,2-3,8,10H2,1H3,(H,20,23). The lowest BCUT2D eigenvalue weighted by molar-refractivity contribution is -0.121. The SMILES string of the molecule is Cc1cc2c(=O)n(CC(=O)NCCCc3ccc(F)cc3)cnc2s1. The first-order valence-corrected chi connectivity index (χ1v) is 8.81. The van der Waals surface area contributed by atoms with Gasteiger partial charge in [0.25, 0.3) is 5.56 Å². The Balaban J connectivity index is 1.51. The summed E-state index contributed by atoms with van der Waals surface area (Å²) in [7, 11) is 0. The van der Waals surface area contributed by atoms with E-state index in [-0.39, 0.29) is 23.8 Å². The molecule has 5 nitrogen and oxygen atoms in total. The molecule has 130 valence electrons. The van der Waals surface area contributed by atoms with Gasteiger partial charge in [0.2, 0.25) is 5.91 Å². The molecule has 0 aliphatic carbocycles. The minimum absolute atomic E-state index is 0.0484. The van der Waals surface area contributed by atoms with Gasteiger partial charge in [0.1, 0.15) is 17.2 Å². The smallest absolute Gasteiger partial charge is 0.262 e. The second-order valence-corrected chi connectivity index (χ2v) is 7.07. The summed E-state index contributed by atoms with van der Waals surface area (Å²) in [6.07, 6.45) is 2.91. The minimum Gasteiger partial charge on any atom is -0.355 e. The highest BCUT2D eigenvalue weighted by molar-refractivity contribution is 7.18. The lowest BCUT2D eigenvalue weighted by atomic mass is 10.1. The van der Waals surface area contributed by atoms with Crippen LogP contribution in [0.4, 0.5) is 4.39 Å². The molecule has 0 radical (unpaired) electrons. The summed E-state index contributed by atoms with van der Waals surface area (Å²) in [5.41, 5.74) is 0.824. The zero-order valence-electron chi connectivity index (χ0n) is 13.8. The minimum atomic E-state index is -0.256. The van der Waals surface area contributed by atoms with Crippen LogP contribution in [0.15, 0.2) is 41.5 Å². The number of benzene rings is 1. The molecule has 0 aliphatic heterocycles. The summed E-state index contributed by atoms with van der Waals surface area (Å²) in [6.45, 7) is 2.37. The third-order valence-corrected chi connectivity index (χ3v) is 4.79. The number of halogens is 1. The van der Waals surface area contributed by atoms with E-state index in [0.717, 1.165) is 23.3 Å². The molecule has 3 aromatic rings. The molecule has 25 heavy (non-hydrogen) atoms. The van der Waals surface area contributed by atoms with E-state index in [1.54, 1.807) is 18.2 Å². The maximum atomic E-state index is 12.8. The largest absolute Gasteiger partial charge is 0.355 e. The Bertz CT molecular complexity index is 947. The molecule has 3 rings (SSSR count). The van der Waals surface area contributed by atoms with Crippen molar-refractivity contribution in [1.29, 1.82) is 0 Å². The fourth-order valence-corrected chi connectivity index (χ4v) is 3.41. The van der Waals surface area contributed by atoms with Crippen LogP contribution >= 0.6 is 11.3 Å². The van der Waals surface area contributed by atoms with Gasteiger partial charge in [-0.25, -0.2) is 9.37 Å². The molecule has 0 spiro atoms. The number of aromatic nitrogens is 2. The molecule has 2 aromatic heterocycles. The molecule has 0 saturated heterocycles. The Hall–Kier alpha value is -2.54. The van der Waals surface area contributed by atoms with Crippen molar-refractivity contribution in [2.45, 2.75) is 26.3 Å². The molecule has 0 bridgehead atoms. The van der Waals surface area contributed by atoms with E-state index in [0.29, 0.717) is 16.8 Å². The third kappa shape index (κ3) is 4.30. The Morgan fingerprint density at radius 1 is 1.32 bits per heavy atom. The lowest BCUT2D eigenvalue weighted by Gasteiger charge is -2.07. The average molecular weight is 359 g/mol. The molecule has 0 atom stereocenters. The highest BCUT2D eigenvalue weighted by atomic mass is 32.1. The van der Waals surface area contributed by atoms with Crippen molar-refractivity contribution >= 4 is 27.5 Å². The van der Waals surface area contributed by atoms with Crippen molar-refractivity contribution in [2.75, 3.05) is 6.54 Å². The summed E-state index contributed by atoms with van der Waals surface area (Å²) < 4.78 is 14.2. The van der Waals surface area contributed by atoms with Crippen molar-refractivity contribution in [1.82, 2.24) is 14.9 Å². The number of fused-ring (bicyclic) bond motifs is 1. The van der Waals surface area contributed by atoms with Crippen LogP contribution in [0.25, 0.3) is 10.2 Å². The second-order valence-electron chi connectivity index (χ2n) is 5.83. The Morgan fingerprint density at radius 3 is 2.84 bits per heavy atom. The predicted molar refractivity (Wildman–Crippen MR) is 96.3 cm³/mol. The Morgan fingerprint density at radius 2 is 2.08 bits per heavy atom. The Labute approximate surface area is 148 Å². The monoisotopic (exact) mass is 359 g/mol. The van der Waals surface area contributed by atoms with Crippen molar-refractivity contribution in [3.8, 4) is 0 Å². The van der Waals surface area contributed by atoms with E-state index in [1.165, 1.54) is 34.4 Å². The highest BCUT2D eigenvalue weighted by Crippen LogP contribution is 2.19. The van der Waals surface area contributed by atoms with E-state index in [1.807, 2.05) is 6.92 Å². The topological polar surface area (TPSA) is 64.0 Å². The number of rotatable bonds is 6. The van der Waals surface area contributed by atoms with Crippen molar-refractivity contribution < 1.29 is 9.18 Å². The average Bonchev–Trinajstić information content (AvgIpc) is 2.97. The molecule has 0 fully saturated rings. The number of thiophene rings is 1. The zero-order valence-corrected chi connectivity index (χ0v) is 14.6. The maximum absolute atomic E-state index is 12.8. The first-order valence-electron chi connectivity index (χ1n) is 7.99. The second kappa shape index (κ2) is 7.57. The van der Waals surface area contributed by atoms with Gasteiger partial charge in [-0.05, 0) is 43.5 Å². The van der Waals surface area contributed by atoms with E-state index >= 15 is 0 Å². The van der Waals surface area contributed by atoms with Crippen LogP contribution in [0, 0.1) is 12.7 Å². The fraction of sp³-hybridized carbons (Fsp3) is 0.278. The van der Waals surface area contributed by atoms with Gasteiger partial charge in [0, 0.05) is 11.4 Å². The van der Waals surface area contributed by atoms with Crippen molar-refractivity contribution in [3.05, 3.63) is 63.3 Å². The summed E-state index contributed by atoms with van der Waals surface area (Å²) in [4.78, 5) is 30.3. The number of carbonyl (C=O) groups excluding carboxylic acids is 1. The highest BCUT2D eigenvalue weighted by Gasteiger charge is 2.09. The van der Waals surface area contributed by atoms with E-state index in [9.17, 15) is 14.0 Å². The number of carbonyl (C=O) groups is 1. The molecule has 0 saturated carbocycles. The molecule has 7 heteroatoms. The first-order chi connectivity index (χ1) is 12.0. The molecular weight excluding hydrogens is 341 g/mol. The number of amides is 1. The number of hydrogen-bond acceptors (Lipinski definition) is 4. The van der Waals surface area contributed by atoms with Gasteiger partial charge in [-0.1, -0.05) is 12.1 Å². The van der Waals surface area contributed by atoms with Crippen LogP contribution in [-0.4, -0.2) is 22.0 Å². The molecule has 1 aromatic carbocycles. The van der Waals surface area contributed by atoms with Crippen molar-refractivity contribution in [3.63, 3.8) is 0 Å². The van der Waals surface area contributed by atoms with E-state index in [4.69, 9.17) is 0 Å². The first kappa shape index (κ1) is 17.3. The number of aryl methyl sites for hydroxylation is 2.